The third-order valence-corrected chi connectivity index (χ3v) is 4.68. The summed E-state index contributed by atoms with van der Waals surface area (Å²) in [6.45, 7) is 0.137. The number of hydrogen-bond acceptors (Lipinski definition) is 3. The van der Waals surface area contributed by atoms with Crippen molar-refractivity contribution >= 4 is 26.1 Å². The van der Waals surface area contributed by atoms with E-state index < -0.39 is 27.8 Å². The zero-order valence-corrected chi connectivity index (χ0v) is 13.5. The van der Waals surface area contributed by atoms with E-state index >= 15 is 0 Å². The molecule has 0 amide bonds. The van der Waals surface area contributed by atoms with Gasteiger partial charge in [0.15, 0.2) is 0 Å². The predicted molar refractivity (Wildman–Crippen MR) is 82.5 cm³/mol. The Balaban J connectivity index is 2.10. The molecule has 10 heteroatoms. The molecule has 5 N–H and O–H groups in total. The molecule has 0 saturated carbocycles. The second kappa shape index (κ2) is 6.64. The molecular formula is C12H18N2O6P2. The molecule has 0 radical (unpaired) electrons. The van der Waals surface area contributed by atoms with Gasteiger partial charge in [0.25, 0.3) is 0 Å². The van der Waals surface area contributed by atoms with E-state index in [0.29, 0.717) is 6.42 Å². The first-order valence-corrected chi connectivity index (χ1v) is 10.1. The molecule has 2 rings (SSSR count). The van der Waals surface area contributed by atoms with Gasteiger partial charge in [0, 0.05) is 23.6 Å². The van der Waals surface area contributed by atoms with E-state index in [9.17, 15) is 9.13 Å². The van der Waals surface area contributed by atoms with Gasteiger partial charge in [-0.15, -0.1) is 0 Å². The zero-order valence-electron chi connectivity index (χ0n) is 11.7. The summed E-state index contributed by atoms with van der Waals surface area (Å²) in [5.41, 5.74) is 1.87. The van der Waals surface area contributed by atoms with Crippen LogP contribution < -0.4 is 0 Å². The van der Waals surface area contributed by atoms with E-state index in [1.807, 2.05) is 24.3 Å². The van der Waals surface area contributed by atoms with Crippen LogP contribution in [0.3, 0.4) is 0 Å². The summed E-state index contributed by atoms with van der Waals surface area (Å²) in [6.07, 6.45) is 0.850. The van der Waals surface area contributed by atoms with E-state index in [1.165, 1.54) is 0 Å². The molecule has 2 aromatic rings. The molecule has 122 valence electrons. The Hall–Kier alpha value is -0.980. The van der Waals surface area contributed by atoms with Crippen molar-refractivity contribution in [1.82, 2.24) is 9.88 Å². The van der Waals surface area contributed by atoms with Crippen molar-refractivity contribution in [3.63, 3.8) is 0 Å². The average molecular weight is 348 g/mol. The van der Waals surface area contributed by atoms with Crippen molar-refractivity contribution in [2.24, 2.45) is 0 Å². The predicted octanol–water partition coefficient (Wildman–Crippen LogP) is 1.28. The van der Waals surface area contributed by atoms with Gasteiger partial charge in [-0.25, -0.2) is 0 Å². The van der Waals surface area contributed by atoms with Crippen LogP contribution in [-0.4, -0.2) is 48.6 Å². The molecule has 22 heavy (non-hydrogen) atoms. The minimum absolute atomic E-state index is 0.137. The van der Waals surface area contributed by atoms with Crippen molar-refractivity contribution < 1.29 is 28.7 Å². The summed E-state index contributed by atoms with van der Waals surface area (Å²) in [5, 5.41) is 0.981. The first-order valence-electron chi connectivity index (χ1n) is 6.50. The fourth-order valence-electron chi connectivity index (χ4n) is 2.32. The van der Waals surface area contributed by atoms with Gasteiger partial charge < -0.3 is 24.6 Å². The maximum atomic E-state index is 11.1. The molecule has 0 aliphatic carbocycles. The van der Waals surface area contributed by atoms with Crippen LogP contribution in [0, 0.1) is 0 Å². The Morgan fingerprint density at radius 1 is 1.00 bits per heavy atom. The van der Waals surface area contributed by atoms with Crippen molar-refractivity contribution in [2.45, 2.75) is 6.42 Å². The Labute approximate surface area is 127 Å². The van der Waals surface area contributed by atoms with E-state index in [-0.39, 0.29) is 6.54 Å². The van der Waals surface area contributed by atoms with E-state index in [4.69, 9.17) is 19.6 Å². The Bertz CT molecular complexity index is 710. The number of hydrogen-bond donors (Lipinski definition) is 5. The van der Waals surface area contributed by atoms with Gasteiger partial charge in [-0.3, -0.25) is 14.0 Å². The normalized spacial score (nSPS) is 13.1. The van der Waals surface area contributed by atoms with Crippen molar-refractivity contribution in [1.29, 1.82) is 0 Å². The maximum Gasteiger partial charge on any atom is 0.339 e. The molecule has 8 nitrogen and oxygen atoms in total. The fraction of sp³-hybridized carbons (Fsp3) is 0.333. The molecule has 0 aliphatic heterocycles. The van der Waals surface area contributed by atoms with Crippen LogP contribution in [-0.2, 0) is 15.6 Å². The van der Waals surface area contributed by atoms with E-state index in [2.05, 4.69) is 4.98 Å². The van der Waals surface area contributed by atoms with Gasteiger partial charge in [-0.05, 0) is 18.1 Å². The van der Waals surface area contributed by atoms with Crippen LogP contribution in [0.5, 0.6) is 0 Å². The summed E-state index contributed by atoms with van der Waals surface area (Å²) >= 11 is 0. The molecule has 0 atom stereocenters. The van der Waals surface area contributed by atoms with Crippen molar-refractivity contribution in [2.75, 3.05) is 19.1 Å². The summed E-state index contributed by atoms with van der Waals surface area (Å²) in [6, 6.07) is 7.58. The van der Waals surface area contributed by atoms with Gasteiger partial charge >= 0.3 is 15.2 Å². The number of rotatable bonds is 7. The number of H-pyrrole nitrogens is 1. The van der Waals surface area contributed by atoms with E-state index in [1.54, 1.807) is 6.20 Å². The second-order valence-corrected chi connectivity index (χ2v) is 8.34. The highest BCUT2D eigenvalue weighted by Crippen LogP contribution is 2.40. The summed E-state index contributed by atoms with van der Waals surface area (Å²) < 4.78 is 22.2. The highest BCUT2D eigenvalue weighted by Gasteiger charge is 2.25. The van der Waals surface area contributed by atoms with Gasteiger partial charge in [0.1, 0.15) is 12.6 Å². The minimum atomic E-state index is -4.39. The van der Waals surface area contributed by atoms with Crippen LogP contribution in [0.25, 0.3) is 10.9 Å². The van der Waals surface area contributed by atoms with E-state index in [0.717, 1.165) is 21.4 Å². The lowest BCUT2D eigenvalue weighted by molar-refractivity contribution is 0.279. The third-order valence-electron chi connectivity index (χ3n) is 3.14. The van der Waals surface area contributed by atoms with Crippen molar-refractivity contribution in [3.05, 3.63) is 36.0 Å². The number of benzene rings is 1. The van der Waals surface area contributed by atoms with Crippen LogP contribution in [0.1, 0.15) is 5.56 Å². The average Bonchev–Trinajstić information content (AvgIpc) is 2.75. The third kappa shape index (κ3) is 5.34. The minimum Gasteiger partial charge on any atom is -0.361 e. The summed E-state index contributed by atoms with van der Waals surface area (Å²) in [5.74, 6) is 0. The van der Waals surface area contributed by atoms with Crippen molar-refractivity contribution in [3.8, 4) is 0 Å². The largest absolute Gasteiger partial charge is 0.361 e. The number of nitrogens with zero attached hydrogens (tertiary/aromatic N) is 1. The van der Waals surface area contributed by atoms with Gasteiger partial charge in [-0.2, -0.15) is 0 Å². The SMILES string of the molecule is O=P(O)(O)CN(CCc1c[nH]c2ccccc12)CP(=O)(O)O. The number of para-hydroxylation sites is 1. The molecule has 0 unspecified atom stereocenters. The molecule has 0 aliphatic rings. The number of aromatic amines is 1. The molecule has 0 bridgehead atoms. The zero-order chi connectivity index (χ0) is 16.4. The lowest BCUT2D eigenvalue weighted by Gasteiger charge is -2.22. The molecule has 1 heterocycles. The first-order chi connectivity index (χ1) is 10.1. The molecule has 0 spiro atoms. The number of aromatic nitrogens is 1. The monoisotopic (exact) mass is 348 g/mol. The highest BCUT2D eigenvalue weighted by molar-refractivity contribution is 7.52. The molecule has 0 fully saturated rings. The number of fused-ring (bicyclic) bond motifs is 1. The first kappa shape index (κ1) is 17.4. The topological polar surface area (TPSA) is 134 Å². The summed E-state index contributed by atoms with van der Waals surface area (Å²) in [4.78, 5) is 40.3. The van der Waals surface area contributed by atoms with Crippen LogP contribution >= 0.6 is 15.2 Å². The second-order valence-electron chi connectivity index (χ2n) is 5.12. The van der Waals surface area contributed by atoms with Gasteiger partial charge in [0.2, 0.25) is 0 Å². The highest BCUT2D eigenvalue weighted by atomic mass is 31.2. The van der Waals surface area contributed by atoms with Gasteiger partial charge in [-0.1, -0.05) is 18.2 Å². The maximum absolute atomic E-state index is 11.1. The molecule has 0 saturated heterocycles. The van der Waals surface area contributed by atoms with Crippen LogP contribution in [0.15, 0.2) is 30.5 Å². The summed E-state index contributed by atoms with van der Waals surface area (Å²) in [7, 11) is -8.78. The molecular weight excluding hydrogens is 330 g/mol. The smallest absolute Gasteiger partial charge is 0.339 e. The van der Waals surface area contributed by atoms with Crippen LogP contribution in [0.4, 0.5) is 0 Å². The lowest BCUT2D eigenvalue weighted by Crippen LogP contribution is -2.28. The molecule has 1 aromatic carbocycles. The quantitative estimate of drug-likeness (QED) is 0.476. The van der Waals surface area contributed by atoms with Crippen LogP contribution in [0.2, 0.25) is 0 Å². The Morgan fingerprint density at radius 2 is 1.59 bits per heavy atom. The number of nitrogens with one attached hydrogen (secondary N) is 1. The lowest BCUT2D eigenvalue weighted by atomic mass is 10.1. The standard InChI is InChI=1S/C12H18N2O6P2/c15-21(16,17)8-14(9-22(18,19)20)6-5-10-7-13-12-4-2-1-3-11(10)12/h1-4,7,13H,5-6,8-9H2,(H2,15,16,17)(H2,18,19,20). The Morgan fingerprint density at radius 3 is 2.18 bits per heavy atom. The van der Waals surface area contributed by atoms with Gasteiger partial charge in [0.05, 0.1) is 0 Å². The molecule has 1 aromatic heterocycles. The fourth-order valence-corrected chi connectivity index (χ4v) is 4.01. The Kier molecular flexibility index (Phi) is 5.25.